The summed E-state index contributed by atoms with van der Waals surface area (Å²) in [5.74, 6) is 0.0987. The number of carbonyl (C=O) groups is 1. The van der Waals surface area contributed by atoms with Crippen LogP contribution in [0.5, 0.6) is 0 Å². The Morgan fingerprint density at radius 3 is 2.56 bits per heavy atom. The van der Waals surface area contributed by atoms with Crippen LogP contribution in [-0.4, -0.2) is 34.7 Å². The highest BCUT2D eigenvalue weighted by atomic mass is 16.3. The van der Waals surface area contributed by atoms with E-state index < -0.39 is 11.1 Å². The molecule has 1 aliphatic heterocycles. The molecule has 0 bridgehead atoms. The maximum absolute atomic E-state index is 11.4. The fourth-order valence-electron chi connectivity index (χ4n) is 1.78. The van der Waals surface area contributed by atoms with Crippen molar-refractivity contribution in [1.82, 2.24) is 10.6 Å². The summed E-state index contributed by atoms with van der Waals surface area (Å²) in [7, 11) is 0. The molecule has 0 aromatic rings. The number of amides is 1. The molecule has 1 unspecified atom stereocenters. The Morgan fingerprint density at radius 2 is 2.00 bits per heavy atom. The predicted molar refractivity (Wildman–Crippen MR) is 64.2 cm³/mol. The van der Waals surface area contributed by atoms with Crippen molar-refractivity contribution in [3.05, 3.63) is 0 Å². The molecule has 1 atom stereocenters. The number of hydrogen-bond acceptors (Lipinski definition) is 3. The van der Waals surface area contributed by atoms with Crippen molar-refractivity contribution in [3.63, 3.8) is 0 Å². The lowest BCUT2D eigenvalue weighted by atomic mass is 9.84. The number of nitrogens with one attached hydrogen (secondary N) is 2. The predicted octanol–water partition coefficient (Wildman–Crippen LogP) is 0.794. The first-order valence-corrected chi connectivity index (χ1v) is 5.99. The van der Waals surface area contributed by atoms with E-state index in [-0.39, 0.29) is 11.9 Å². The topological polar surface area (TPSA) is 61.4 Å². The maximum atomic E-state index is 11.4. The van der Waals surface area contributed by atoms with Crippen molar-refractivity contribution in [2.24, 2.45) is 0 Å². The molecule has 1 amide bonds. The average molecular weight is 228 g/mol. The standard InChI is InChI=1S/C12H24N2O2/c1-11(2,12(3,4)16)14-9-6-5-7-13-10(15)8-9/h9,14,16H,5-8H2,1-4H3,(H,13,15). The summed E-state index contributed by atoms with van der Waals surface area (Å²) >= 11 is 0. The lowest BCUT2D eigenvalue weighted by molar-refractivity contribution is -0.121. The normalized spacial score (nSPS) is 23.8. The number of aliphatic hydroxyl groups is 1. The number of hydrogen-bond donors (Lipinski definition) is 3. The molecule has 94 valence electrons. The molecule has 0 radical (unpaired) electrons. The van der Waals surface area contributed by atoms with Crippen molar-refractivity contribution in [3.8, 4) is 0 Å². The molecule has 16 heavy (non-hydrogen) atoms. The van der Waals surface area contributed by atoms with Gasteiger partial charge >= 0.3 is 0 Å². The molecule has 3 N–H and O–H groups in total. The quantitative estimate of drug-likeness (QED) is 0.669. The molecule has 1 fully saturated rings. The lowest BCUT2D eigenvalue weighted by Crippen LogP contribution is -2.59. The van der Waals surface area contributed by atoms with E-state index in [0.717, 1.165) is 19.4 Å². The first-order valence-electron chi connectivity index (χ1n) is 5.99. The largest absolute Gasteiger partial charge is 0.389 e. The average Bonchev–Trinajstić information content (AvgIpc) is 2.27. The zero-order valence-electron chi connectivity index (χ0n) is 10.8. The first kappa shape index (κ1) is 13.5. The van der Waals surface area contributed by atoms with Gasteiger partial charge in [-0.1, -0.05) is 0 Å². The van der Waals surface area contributed by atoms with Gasteiger partial charge in [0.15, 0.2) is 0 Å². The maximum Gasteiger partial charge on any atom is 0.221 e. The molecule has 0 aromatic carbocycles. The Kier molecular flexibility index (Phi) is 3.97. The third-order valence-electron chi connectivity index (χ3n) is 3.58. The Balaban J connectivity index is 2.61. The van der Waals surface area contributed by atoms with Gasteiger partial charge in [0.25, 0.3) is 0 Å². The van der Waals surface area contributed by atoms with Crippen molar-refractivity contribution in [2.45, 2.75) is 64.1 Å². The van der Waals surface area contributed by atoms with E-state index in [9.17, 15) is 9.90 Å². The van der Waals surface area contributed by atoms with Crippen LogP contribution in [0.2, 0.25) is 0 Å². The zero-order chi connectivity index (χ0) is 12.4. The van der Waals surface area contributed by atoms with E-state index in [1.54, 1.807) is 13.8 Å². The number of carbonyl (C=O) groups excluding carboxylic acids is 1. The van der Waals surface area contributed by atoms with Crippen molar-refractivity contribution in [1.29, 1.82) is 0 Å². The van der Waals surface area contributed by atoms with Crippen LogP contribution in [-0.2, 0) is 4.79 Å². The van der Waals surface area contributed by atoms with Crippen LogP contribution < -0.4 is 10.6 Å². The van der Waals surface area contributed by atoms with Gasteiger partial charge in [0.2, 0.25) is 5.91 Å². The monoisotopic (exact) mass is 228 g/mol. The molecule has 1 heterocycles. The molecule has 0 saturated carbocycles. The fourth-order valence-corrected chi connectivity index (χ4v) is 1.78. The second kappa shape index (κ2) is 4.72. The van der Waals surface area contributed by atoms with Gasteiger partial charge in [-0.15, -0.1) is 0 Å². The Morgan fingerprint density at radius 1 is 1.38 bits per heavy atom. The van der Waals surface area contributed by atoms with Crippen LogP contribution in [0.25, 0.3) is 0 Å². The van der Waals surface area contributed by atoms with Gasteiger partial charge in [-0.3, -0.25) is 4.79 Å². The highest BCUT2D eigenvalue weighted by molar-refractivity contribution is 5.76. The van der Waals surface area contributed by atoms with Gasteiger partial charge in [-0.2, -0.15) is 0 Å². The van der Waals surface area contributed by atoms with E-state index in [0.29, 0.717) is 6.42 Å². The smallest absolute Gasteiger partial charge is 0.221 e. The summed E-state index contributed by atoms with van der Waals surface area (Å²) in [5, 5.41) is 16.3. The van der Waals surface area contributed by atoms with Crippen LogP contribution >= 0.6 is 0 Å². The SMILES string of the molecule is CC(C)(O)C(C)(C)NC1CCCNC(=O)C1. The third kappa shape index (κ3) is 3.46. The van der Waals surface area contributed by atoms with Crippen LogP contribution in [0.15, 0.2) is 0 Å². The zero-order valence-corrected chi connectivity index (χ0v) is 10.8. The second-order valence-corrected chi connectivity index (χ2v) is 5.72. The van der Waals surface area contributed by atoms with E-state index in [1.165, 1.54) is 0 Å². The molecule has 0 aromatic heterocycles. The summed E-state index contributed by atoms with van der Waals surface area (Å²) in [4.78, 5) is 11.4. The molecule has 4 nitrogen and oxygen atoms in total. The molecular formula is C12H24N2O2. The molecule has 4 heteroatoms. The van der Waals surface area contributed by atoms with Gasteiger partial charge in [0, 0.05) is 24.5 Å². The van der Waals surface area contributed by atoms with Crippen LogP contribution in [0.3, 0.4) is 0 Å². The van der Waals surface area contributed by atoms with Crippen molar-refractivity contribution in [2.75, 3.05) is 6.54 Å². The van der Waals surface area contributed by atoms with Gasteiger partial charge in [-0.05, 0) is 40.5 Å². The van der Waals surface area contributed by atoms with Crippen LogP contribution in [0.4, 0.5) is 0 Å². The Labute approximate surface area is 97.8 Å². The molecular weight excluding hydrogens is 204 g/mol. The van der Waals surface area contributed by atoms with Crippen LogP contribution in [0.1, 0.15) is 47.0 Å². The molecule has 1 aliphatic rings. The Hall–Kier alpha value is -0.610. The highest BCUT2D eigenvalue weighted by Crippen LogP contribution is 2.23. The van der Waals surface area contributed by atoms with E-state index in [4.69, 9.17) is 0 Å². The van der Waals surface area contributed by atoms with Gasteiger partial charge < -0.3 is 15.7 Å². The molecule has 1 saturated heterocycles. The summed E-state index contributed by atoms with van der Waals surface area (Å²) < 4.78 is 0. The molecule has 0 aliphatic carbocycles. The lowest BCUT2D eigenvalue weighted by Gasteiger charge is -2.40. The fraction of sp³-hybridized carbons (Fsp3) is 0.917. The minimum Gasteiger partial charge on any atom is -0.389 e. The van der Waals surface area contributed by atoms with E-state index in [1.807, 2.05) is 13.8 Å². The molecule has 0 spiro atoms. The van der Waals surface area contributed by atoms with E-state index >= 15 is 0 Å². The minimum absolute atomic E-state index is 0.0987. The van der Waals surface area contributed by atoms with Crippen molar-refractivity contribution < 1.29 is 9.90 Å². The molecule has 1 rings (SSSR count). The number of rotatable bonds is 3. The van der Waals surface area contributed by atoms with Gasteiger partial charge in [0.05, 0.1) is 5.60 Å². The van der Waals surface area contributed by atoms with Gasteiger partial charge in [-0.25, -0.2) is 0 Å². The second-order valence-electron chi connectivity index (χ2n) is 5.72. The summed E-state index contributed by atoms with van der Waals surface area (Å²) in [6.45, 7) is 8.28. The van der Waals surface area contributed by atoms with Crippen LogP contribution in [0, 0.1) is 0 Å². The third-order valence-corrected chi connectivity index (χ3v) is 3.58. The summed E-state index contributed by atoms with van der Waals surface area (Å²) in [6.07, 6.45) is 2.46. The van der Waals surface area contributed by atoms with Crippen molar-refractivity contribution >= 4 is 5.91 Å². The minimum atomic E-state index is -0.810. The summed E-state index contributed by atoms with van der Waals surface area (Å²) in [5.41, 5.74) is -1.21. The highest BCUT2D eigenvalue weighted by Gasteiger charge is 2.37. The Bertz CT molecular complexity index is 256. The summed E-state index contributed by atoms with van der Waals surface area (Å²) in [6, 6.07) is 0.156. The van der Waals surface area contributed by atoms with E-state index in [2.05, 4.69) is 10.6 Å². The van der Waals surface area contributed by atoms with Gasteiger partial charge in [0.1, 0.15) is 0 Å². The first-order chi connectivity index (χ1) is 7.22.